The molecule has 0 aromatic carbocycles. The van der Waals surface area contributed by atoms with Crippen LogP contribution >= 0.6 is 22.7 Å². The van der Waals surface area contributed by atoms with E-state index in [1.807, 2.05) is 5.38 Å². The van der Waals surface area contributed by atoms with E-state index in [0.29, 0.717) is 0 Å². The third-order valence-corrected chi connectivity index (χ3v) is 3.14. The van der Waals surface area contributed by atoms with Crippen LogP contribution in [-0.2, 0) is 11.2 Å². The molecule has 0 bridgehead atoms. The Morgan fingerprint density at radius 2 is 2.36 bits per heavy atom. The van der Waals surface area contributed by atoms with Crippen molar-refractivity contribution in [3.05, 3.63) is 22.0 Å². The molecule has 2 aromatic rings. The molecule has 0 radical (unpaired) electrons. The molecule has 14 heavy (non-hydrogen) atoms. The Kier molecular flexibility index (Phi) is 2.55. The van der Waals surface area contributed by atoms with Crippen molar-refractivity contribution in [1.82, 2.24) is 9.97 Å². The van der Waals surface area contributed by atoms with Crippen molar-refractivity contribution in [2.24, 2.45) is 0 Å². The molecule has 0 saturated carbocycles. The summed E-state index contributed by atoms with van der Waals surface area (Å²) in [5.74, 6) is -0.835. The number of hydrogen-bond donors (Lipinski definition) is 1. The van der Waals surface area contributed by atoms with Crippen molar-refractivity contribution in [2.45, 2.75) is 6.42 Å². The molecule has 0 spiro atoms. The summed E-state index contributed by atoms with van der Waals surface area (Å²) in [6.45, 7) is 0. The van der Waals surface area contributed by atoms with E-state index in [1.54, 1.807) is 11.7 Å². The van der Waals surface area contributed by atoms with Crippen LogP contribution in [0.5, 0.6) is 0 Å². The fraction of sp³-hybridized carbons (Fsp3) is 0.125. The van der Waals surface area contributed by atoms with Gasteiger partial charge in [0.15, 0.2) is 0 Å². The van der Waals surface area contributed by atoms with Crippen molar-refractivity contribution < 1.29 is 9.90 Å². The van der Waals surface area contributed by atoms with Gasteiger partial charge in [-0.2, -0.15) is 0 Å². The van der Waals surface area contributed by atoms with E-state index >= 15 is 0 Å². The fourth-order valence-electron chi connectivity index (χ4n) is 0.975. The third-order valence-electron chi connectivity index (χ3n) is 1.53. The van der Waals surface area contributed by atoms with Gasteiger partial charge in [0.1, 0.15) is 10.7 Å². The van der Waals surface area contributed by atoms with E-state index in [9.17, 15) is 4.79 Å². The van der Waals surface area contributed by atoms with Gasteiger partial charge in [-0.15, -0.1) is 22.7 Å². The third kappa shape index (κ3) is 1.97. The summed E-state index contributed by atoms with van der Waals surface area (Å²) in [6, 6.07) is 0. The Labute approximate surface area is 87.9 Å². The highest BCUT2D eigenvalue weighted by molar-refractivity contribution is 7.15. The molecule has 72 valence electrons. The summed E-state index contributed by atoms with van der Waals surface area (Å²) in [6.07, 6.45) is 1.62. The lowest BCUT2D eigenvalue weighted by molar-refractivity contribution is -0.136. The van der Waals surface area contributed by atoms with Gasteiger partial charge in [-0.05, 0) is 0 Å². The Hall–Kier alpha value is -1.27. The molecular weight excluding hydrogens is 220 g/mol. The van der Waals surface area contributed by atoms with E-state index in [1.165, 1.54) is 22.7 Å². The summed E-state index contributed by atoms with van der Waals surface area (Å²) >= 11 is 2.87. The highest BCUT2D eigenvalue weighted by Gasteiger charge is 2.08. The van der Waals surface area contributed by atoms with Crippen LogP contribution in [0.4, 0.5) is 0 Å². The number of carboxylic acids is 1. The molecule has 6 heteroatoms. The largest absolute Gasteiger partial charge is 0.481 e. The maximum Gasteiger partial charge on any atom is 0.308 e. The summed E-state index contributed by atoms with van der Waals surface area (Å²) in [5.41, 5.74) is 2.55. The molecule has 1 N–H and O–H groups in total. The molecule has 0 aliphatic carbocycles. The molecular formula is C8H6N2O2S2. The molecule has 0 aliphatic heterocycles. The van der Waals surface area contributed by atoms with E-state index in [-0.39, 0.29) is 6.42 Å². The number of aliphatic carboxylic acids is 1. The van der Waals surface area contributed by atoms with Gasteiger partial charge in [0.25, 0.3) is 0 Å². The summed E-state index contributed by atoms with van der Waals surface area (Å²) in [4.78, 5) is 19.4. The van der Waals surface area contributed by atoms with Crippen LogP contribution in [0, 0.1) is 0 Å². The van der Waals surface area contributed by atoms with Gasteiger partial charge in [-0.25, -0.2) is 9.97 Å². The van der Waals surface area contributed by atoms with Crippen molar-refractivity contribution in [3.63, 3.8) is 0 Å². The monoisotopic (exact) mass is 226 g/mol. The van der Waals surface area contributed by atoms with Crippen LogP contribution < -0.4 is 0 Å². The lowest BCUT2D eigenvalue weighted by atomic mass is 10.4. The second-order valence-electron chi connectivity index (χ2n) is 2.58. The minimum atomic E-state index is -0.835. The normalized spacial score (nSPS) is 10.3. The summed E-state index contributed by atoms with van der Waals surface area (Å²) in [5, 5.41) is 11.2. The zero-order valence-corrected chi connectivity index (χ0v) is 8.64. The zero-order valence-electron chi connectivity index (χ0n) is 7.01. The van der Waals surface area contributed by atoms with Crippen LogP contribution in [0.15, 0.2) is 17.1 Å². The van der Waals surface area contributed by atoms with Crippen LogP contribution in [0.25, 0.3) is 10.7 Å². The number of thiazole rings is 2. The lowest BCUT2D eigenvalue weighted by Crippen LogP contribution is -1.97. The molecule has 2 rings (SSSR count). The number of nitrogens with zero attached hydrogens (tertiary/aromatic N) is 2. The van der Waals surface area contributed by atoms with Gasteiger partial charge >= 0.3 is 5.97 Å². The Morgan fingerprint density at radius 1 is 1.50 bits per heavy atom. The average Bonchev–Trinajstić information content (AvgIpc) is 2.69. The van der Waals surface area contributed by atoms with Gasteiger partial charge in [0.2, 0.25) is 0 Å². The molecule has 0 amide bonds. The quantitative estimate of drug-likeness (QED) is 0.868. The van der Waals surface area contributed by atoms with Gasteiger partial charge in [0, 0.05) is 16.5 Å². The smallest absolute Gasteiger partial charge is 0.308 e. The van der Waals surface area contributed by atoms with Gasteiger partial charge in [0.05, 0.1) is 11.9 Å². The van der Waals surface area contributed by atoms with Gasteiger partial charge in [-0.1, -0.05) is 0 Å². The van der Waals surface area contributed by atoms with Crippen molar-refractivity contribution in [1.29, 1.82) is 0 Å². The first-order chi connectivity index (χ1) is 6.75. The fourth-order valence-corrected chi connectivity index (χ4v) is 2.46. The number of aromatic nitrogens is 2. The van der Waals surface area contributed by atoms with E-state index < -0.39 is 5.97 Å². The molecule has 4 nitrogen and oxygen atoms in total. The molecule has 0 fully saturated rings. The first kappa shape index (κ1) is 9.29. The molecule has 0 unspecified atom stereocenters. The van der Waals surface area contributed by atoms with E-state index in [2.05, 4.69) is 9.97 Å². The Morgan fingerprint density at radius 3 is 3.00 bits per heavy atom. The molecule has 2 heterocycles. The molecule has 0 aliphatic rings. The summed E-state index contributed by atoms with van der Waals surface area (Å²) < 4.78 is 0. The number of carbonyl (C=O) groups is 1. The second-order valence-corrected chi connectivity index (χ2v) is 4.41. The molecule has 2 aromatic heterocycles. The minimum Gasteiger partial charge on any atom is -0.481 e. The number of carboxylic acid groups (broad SMARTS) is 1. The Balaban J connectivity index is 2.22. The van der Waals surface area contributed by atoms with E-state index in [4.69, 9.17) is 5.11 Å². The van der Waals surface area contributed by atoms with Crippen LogP contribution in [0.1, 0.15) is 4.88 Å². The van der Waals surface area contributed by atoms with Crippen molar-refractivity contribution in [2.75, 3.05) is 0 Å². The van der Waals surface area contributed by atoms with Gasteiger partial charge < -0.3 is 5.11 Å². The maximum atomic E-state index is 10.4. The first-order valence-corrected chi connectivity index (χ1v) is 5.56. The first-order valence-electron chi connectivity index (χ1n) is 3.81. The molecule has 0 saturated heterocycles. The predicted octanol–water partition coefficient (Wildman–Crippen LogP) is 1.89. The van der Waals surface area contributed by atoms with Crippen molar-refractivity contribution in [3.8, 4) is 10.7 Å². The minimum absolute atomic E-state index is 0.0296. The maximum absolute atomic E-state index is 10.4. The highest BCUT2D eigenvalue weighted by Crippen LogP contribution is 2.24. The number of rotatable bonds is 3. The second kappa shape index (κ2) is 3.85. The average molecular weight is 226 g/mol. The van der Waals surface area contributed by atoms with E-state index in [0.717, 1.165) is 15.6 Å². The standard InChI is InChI=1S/C8H6N2O2S2/c11-7(12)1-5-2-9-8(14-5)6-3-13-4-10-6/h2-4H,1H2,(H,11,12). The zero-order chi connectivity index (χ0) is 9.97. The summed E-state index contributed by atoms with van der Waals surface area (Å²) in [7, 11) is 0. The topological polar surface area (TPSA) is 63.1 Å². The van der Waals surface area contributed by atoms with Crippen LogP contribution in [-0.4, -0.2) is 21.0 Å². The lowest BCUT2D eigenvalue weighted by Gasteiger charge is -1.86. The highest BCUT2D eigenvalue weighted by atomic mass is 32.1. The predicted molar refractivity (Wildman–Crippen MR) is 54.6 cm³/mol. The van der Waals surface area contributed by atoms with Gasteiger partial charge in [-0.3, -0.25) is 4.79 Å². The molecule has 0 atom stereocenters. The SMILES string of the molecule is O=C(O)Cc1cnc(-c2cscn2)s1. The van der Waals surface area contributed by atoms with Crippen LogP contribution in [0.2, 0.25) is 0 Å². The Bertz CT molecular complexity index is 436. The van der Waals surface area contributed by atoms with Crippen LogP contribution in [0.3, 0.4) is 0 Å². The van der Waals surface area contributed by atoms with Crippen molar-refractivity contribution >= 4 is 28.6 Å². The number of hydrogen-bond acceptors (Lipinski definition) is 5.